The number of hydrogen-bond donors (Lipinski definition) is 2. The molecule has 1 rings (SSSR count). The summed E-state index contributed by atoms with van der Waals surface area (Å²) in [6.07, 6.45) is 1.68. The number of hydrogen-bond acceptors (Lipinski definition) is 4. The van der Waals surface area contributed by atoms with Crippen LogP contribution in [0.1, 0.15) is 0 Å². The molecule has 0 bridgehead atoms. The zero-order valence-electron chi connectivity index (χ0n) is 11.1. The summed E-state index contributed by atoms with van der Waals surface area (Å²) in [5, 5.41) is 5.76. The van der Waals surface area contributed by atoms with Crippen LogP contribution in [0.4, 0.5) is 5.69 Å². The Kier molecular flexibility index (Phi) is 7.12. The van der Waals surface area contributed by atoms with Crippen LogP contribution in [0.2, 0.25) is 0 Å². The molecular weight excluding hydrogens is 244 g/mol. The Balaban J connectivity index is 2.35. The lowest BCUT2D eigenvalue weighted by Crippen LogP contribution is -2.32. The fourth-order valence-corrected chi connectivity index (χ4v) is 1.39. The van der Waals surface area contributed by atoms with Crippen molar-refractivity contribution < 1.29 is 14.3 Å². The Labute approximate surface area is 113 Å². The highest BCUT2D eigenvalue weighted by molar-refractivity contribution is 5.80. The maximum atomic E-state index is 11.5. The van der Waals surface area contributed by atoms with Gasteiger partial charge in [-0.05, 0) is 12.1 Å². The summed E-state index contributed by atoms with van der Waals surface area (Å²) >= 11 is 0. The predicted octanol–water partition coefficient (Wildman–Crippen LogP) is 1.43. The SMILES string of the molecule is C=CCOc1cccc(NCC(=O)NCCOC)c1. The zero-order valence-corrected chi connectivity index (χ0v) is 11.1. The van der Waals surface area contributed by atoms with Crippen LogP contribution in [0.25, 0.3) is 0 Å². The van der Waals surface area contributed by atoms with Gasteiger partial charge in [0.1, 0.15) is 12.4 Å². The molecule has 0 saturated heterocycles. The van der Waals surface area contributed by atoms with Gasteiger partial charge in [0.25, 0.3) is 0 Å². The Morgan fingerprint density at radius 3 is 3.05 bits per heavy atom. The number of benzene rings is 1. The summed E-state index contributed by atoms with van der Waals surface area (Å²) in [5.41, 5.74) is 0.837. The van der Waals surface area contributed by atoms with Gasteiger partial charge in [-0.2, -0.15) is 0 Å². The minimum absolute atomic E-state index is 0.0746. The standard InChI is InChI=1S/C14H20N2O3/c1-3-8-19-13-6-4-5-12(10-13)16-11-14(17)15-7-9-18-2/h3-6,10,16H,1,7-9,11H2,2H3,(H,15,17). The second-order valence-electron chi connectivity index (χ2n) is 3.82. The Hall–Kier alpha value is -2.01. The van der Waals surface area contributed by atoms with Crippen molar-refractivity contribution in [2.24, 2.45) is 0 Å². The van der Waals surface area contributed by atoms with Gasteiger partial charge >= 0.3 is 0 Å². The van der Waals surface area contributed by atoms with Crippen molar-refractivity contribution in [3.63, 3.8) is 0 Å². The van der Waals surface area contributed by atoms with Crippen molar-refractivity contribution in [2.45, 2.75) is 0 Å². The van der Waals surface area contributed by atoms with Gasteiger partial charge < -0.3 is 20.1 Å². The lowest BCUT2D eigenvalue weighted by molar-refractivity contribution is -0.119. The van der Waals surface area contributed by atoms with Gasteiger partial charge in [-0.3, -0.25) is 4.79 Å². The summed E-state index contributed by atoms with van der Waals surface area (Å²) < 4.78 is 10.3. The lowest BCUT2D eigenvalue weighted by atomic mass is 10.3. The molecule has 0 unspecified atom stereocenters. The predicted molar refractivity (Wildman–Crippen MR) is 75.5 cm³/mol. The minimum atomic E-state index is -0.0746. The first kappa shape index (κ1) is 15.0. The Morgan fingerprint density at radius 2 is 2.32 bits per heavy atom. The molecule has 19 heavy (non-hydrogen) atoms. The van der Waals surface area contributed by atoms with Crippen LogP contribution < -0.4 is 15.4 Å². The van der Waals surface area contributed by atoms with E-state index in [4.69, 9.17) is 9.47 Å². The second-order valence-corrected chi connectivity index (χ2v) is 3.82. The molecule has 0 saturated carbocycles. The fraction of sp³-hybridized carbons (Fsp3) is 0.357. The van der Waals surface area contributed by atoms with Crippen molar-refractivity contribution >= 4 is 11.6 Å². The monoisotopic (exact) mass is 264 g/mol. The molecule has 0 heterocycles. The molecule has 0 spiro atoms. The van der Waals surface area contributed by atoms with Crippen molar-refractivity contribution in [3.8, 4) is 5.75 Å². The molecular formula is C14H20N2O3. The summed E-state index contributed by atoms with van der Waals surface area (Å²) in [4.78, 5) is 11.5. The van der Waals surface area contributed by atoms with Crippen LogP contribution in [0.3, 0.4) is 0 Å². The van der Waals surface area contributed by atoms with E-state index in [1.54, 1.807) is 13.2 Å². The molecule has 0 aliphatic carbocycles. The molecule has 104 valence electrons. The number of carbonyl (C=O) groups excluding carboxylic acids is 1. The van der Waals surface area contributed by atoms with Crippen LogP contribution in [0, 0.1) is 0 Å². The molecule has 2 N–H and O–H groups in total. The highest BCUT2D eigenvalue weighted by Gasteiger charge is 2.01. The number of nitrogens with one attached hydrogen (secondary N) is 2. The summed E-state index contributed by atoms with van der Waals surface area (Å²) in [7, 11) is 1.60. The Morgan fingerprint density at radius 1 is 1.47 bits per heavy atom. The van der Waals surface area contributed by atoms with Gasteiger partial charge in [0.2, 0.25) is 5.91 Å². The average molecular weight is 264 g/mol. The van der Waals surface area contributed by atoms with Crippen molar-refractivity contribution in [1.29, 1.82) is 0 Å². The first-order valence-electron chi connectivity index (χ1n) is 6.09. The average Bonchev–Trinajstić information content (AvgIpc) is 2.44. The molecule has 0 aliphatic heterocycles. The van der Waals surface area contributed by atoms with Gasteiger partial charge in [0.05, 0.1) is 13.2 Å². The molecule has 0 fully saturated rings. The van der Waals surface area contributed by atoms with Crippen LogP contribution in [-0.2, 0) is 9.53 Å². The number of methoxy groups -OCH3 is 1. The molecule has 1 aromatic rings. The first-order valence-corrected chi connectivity index (χ1v) is 6.09. The molecule has 1 amide bonds. The van der Waals surface area contributed by atoms with Gasteiger partial charge in [-0.1, -0.05) is 18.7 Å². The van der Waals surface area contributed by atoms with E-state index in [1.165, 1.54) is 0 Å². The van der Waals surface area contributed by atoms with Crippen LogP contribution in [0.15, 0.2) is 36.9 Å². The van der Waals surface area contributed by atoms with Gasteiger partial charge in [-0.25, -0.2) is 0 Å². The highest BCUT2D eigenvalue weighted by Crippen LogP contribution is 2.16. The molecule has 0 radical (unpaired) electrons. The number of ether oxygens (including phenoxy) is 2. The lowest BCUT2D eigenvalue weighted by Gasteiger charge is -2.09. The van der Waals surface area contributed by atoms with E-state index in [0.717, 1.165) is 11.4 Å². The van der Waals surface area contributed by atoms with Crippen LogP contribution in [0.5, 0.6) is 5.75 Å². The van der Waals surface area contributed by atoms with Gasteiger partial charge in [-0.15, -0.1) is 0 Å². The van der Waals surface area contributed by atoms with Crippen LogP contribution in [-0.4, -0.2) is 39.3 Å². The maximum Gasteiger partial charge on any atom is 0.239 e. The van der Waals surface area contributed by atoms with Crippen molar-refractivity contribution in [2.75, 3.05) is 38.7 Å². The zero-order chi connectivity index (χ0) is 13.9. The maximum absolute atomic E-state index is 11.5. The van der Waals surface area contributed by atoms with Crippen LogP contribution >= 0.6 is 0 Å². The topological polar surface area (TPSA) is 59.6 Å². The van der Waals surface area contributed by atoms with E-state index < -0.39 is 0 Å². The Bertz CT molecular complexity index is 407. The summed E-state index contributed by atoms with van der Waals surface area (Å²) in [6.45, 7) is 5.29. The number of anilines is 1. The van der Waals surface area contributed by atoms with E-state index in [1.807, 2.05) is 24.3 Å². The van der Waals surface area contributed by atoms with Crippen molar-refractivity contribution in [1.82, 2.24) is 5.32 Å². The molecule has 0 aliphatic rings. The smallest absolute Gasteiger partial charge is 0.239 e. The molecule has 5 nitrogen and oxygen atoms in total. The third-order valence-corrected chi connectivity index (χ3v) is 2.28. The quantitative estimate of drug-likeness (QED) is 0.523. The first-order chi connectivity index (χ1) is 9.26. The van der Waals surface area contributed by atoms with Crippen molar-refractivity contribution in [3.05, 3.63) is 36.9 Å². The van der Waals surface area contributed by atoms with E-state index >= 15 is 0 Å². The fourth-order valence-electron chi connectivity index (χ4n) is 1.39. The largest absolute Gasteiger partial charge is 0.489 e. The minimum Gasteiger partial charge on any atom is -0.489 e. The van der Waals surface area contributed by atoms with E-state index in [9.17, 15) is 4.79 Å². The third kappa shape index (κ3) is 6.47. The van der Waals surface area contributed by atoms with E-state index in [2.05, 4.69) is 17.2 Å². The van der Waals surface area contributed by atoms with Gasteiger partial charge in [0.15, 0.2) is 0 Å². The third-order valence-electron chi connectivity index (χ3n) is 2.28. The molecule has 0 aromatic heterocycles. The van der Waals surface area contributed by atoms with Gasteiger partial charge in [0, 0.05) is 25.4 Å². The number of amides is 1. The molecule has 5 heteroatoms. The van der Waals surface area contributed by atoms with E-state index in [-0.39, 0.29) is 12.5 Å². The summed E-state index contributed by atoms with van der Waals surface area (Å²) in [6, 6.07) is 7.44. The normalized spacial score (nSPS) is 9.74. The molecule has 1 aromatic carbocycles. The highest BCUT2D eigenvalue weighted by atomic mass is 16.5. The number of carbonyl (C=O) groups is 1. The second kappa shape index (κ2) is 8.99. The number of rotatable bonds is 9. The summed E-state index contributed by atoms with van der Waals surface area (Å²) in [5.74, 6) is 0.666. The van der Waals surface area contributed by atoms with E-state index in [0.29, 0.717) is 19.8 Å². The molecule has 0 atom stereocenters.